The van der Waals surface area contributed by atoms with Crippen LogP contribution in [0, 0.1) is 0 Å². The molecule has 2 nitrogen and oxygen atoms in total. The molecule has 82 valence electrons. The molecule has 14 heavy (non-hydrogen) atoms. The molecule has 0 unspecified atom stereocenters. The summed E-state index contributed by atoms with van der Waals surface area (Å²) in [5, 5.41) is 0. The molecule has 0 amide bonds. The molecule has 0 heterocycles. The zero-order valence-corrected chi connectivity index (χ0v) is 9.21. The van der Waals surface area contributed by atoms with Gasteiger partial charge in [-0.2, -0.15) is 0 Å². The Morgan fingerprint density at radius 3 is 2.64 bits per heavy atom. The van der Waals surface area contributed by atoms with E-state index in [2.05, 4.69) is 20.1 Å². The Hall–Kier alpha value is -0.600. The Labute approximate surface area is 87.6 Å². The molecule has 0 saturated carbocycles. The fourth-order valence-corrected chi connectivity index (χ4v) is 1.04. The summed E-state index contributed by atoms with van der Waals surface area (Å²) >= 11 is 0. The van der Waals surface area contributed by atoms with Crippen LogP contribution < -0.4 is 0 Å². The topological polar surface area (TPSA) is 18.5 Å². The summed E-state index contributed by atoms with van der Waals surface area (Å²) in [4.78, 5) is 0. The predicted octanol–water partition coefficient (Wildman–Crippen LogP) is 2.95. The molecule has 0 fully saturated rings. The number of hydrogen-bond donors (Lipinski definition) is 0. The van der Waals surface area contributed by atoms with Crippen LogP contribution in [0.4, 0.5) is 0 Å². The van der Waals surface area contributed by atoms with Crippen LogP contribution in [-0.2, 0) is 9.47 Å². The van der Waals surface area contributed by atoms with Gasteiger partial charge in [0.1, 0.15) is 0 Å². The lowest BCUT2D eigenvalue weighted by atomic mass is 10.2. The molecule has 0 N–H and O–H groups in total. The Morgan fingerprint density at radius 1 is 1.29 bits per heavy atom. The van der Waals surface area contributed by atoms with Crippen LogP contribution in [-0.4, -0.2) is 25.9 Å². The summed E-state index contributed by atoms with van der Waals surface area (Å²) < 4.78 is 11.0. The van der Waals surface area contributed by atoms with Crippen molar-refractivity contribution in [1.82, 2.24) is 0 Å². The first kappa shape index (κ1) is 13.4. The zero-order valence-electron chi connectivity index (χ0n) is 9.21. The second kappa shape index (κ2) is 10.5. The minimum Gasteiger partial charge on any atom is -0.379 e. The van der Waals surface area contributed by atoms with Crippen LogP contribution in [0.1, 0.15) is 26.2 Å². The lowest BCUT2D eigenvalue weighted by molar-refractivity contribution is -0.00429. The average Bonchev–Trinajstić information content (AvgIpc) is 2.20. The van der Waals surface area contributed by atoms with Crippen molar-refractivity contribution in [2.24, 2.45) is 0 Å². The van der Waals surface area contributed by atoms with Gasteiger partial charge >= 0.3 is 0 Å². The molecule has 0 aromatic heterocycles. The summed E-state index contributed by atoms with van der Waals surface area (Å²) in [6.45, 7) is 11.5. The van der Waals surface area contributed by atoms with Gasteiger partial charge in [0.25, 0.3) is 0 Å². The molecular weight excluding hydrogens is 176 g/mol. The van der Waals surface area contributed by atoms with Gasteiger partial charge in [-0.1, -0.05) is 25.5 Å². The summed E-state index contributed by atoms with van der Waals surface area (Å²) in [6.07, 6.45) is 6.85. The van der Waals surface area contributed by atoms with Gasteiger partial charge < -0.3 is 9.47 Å². The normalized spacial score (nSPS) is 12.4. The molecule has 0 spiro atoms. The van der Waals surface area contributed by atoms with Crippen LogP contribution in [0.25, 0.3) is 0 Å². The van der Waals surface area contributed by atoms with Crippen LogP contribution in [0.2, 0.25) is 0 Å². The Bertz CT molecular complexity index is 143. The maximum atomic E-state index is 5.50. The molecule has 0 bridgehead atoms. The van der Waals surface area contributed by atoms with E-state index in [1.165, 1.54) is 6.42 Å². The Kier molecular flexibility index (Phi) is 10.0. The lowest BCUT2D eigenvalue weighted by Gasteiger charge is -2.15. The first-order valence-corrected chi connectivity index (χ1v) is 5.26. The highest BCUT2D eigenvalue weighted by Gasteiger charge is 2.05. The van der Waals surface area contributed by atoms with Gasteiger partial charge in [0.15, 0.2) is 0 Å². The van der Waals surface area contributed by atoms with E-state index in [9.17, 15) is 0 Å². The second-order valence-electron chi connectivity index (χ2n) is 3.20. The third-order valence-electron chi connectivity index (χ3n) is 1.83. The monoisotopic (exact) mass is 198 g/mol. The second-order valence-corrected chi connectivity index (χ2v) is 3.20. The fourth-order valence-electron chi connectivity index (χ4n) is 1.04. The van der Waals surface area contributed by atoms with Gasteiger partial charge in [0.05, 0.1) is 19.3 Å². The lowest BCUT2D eigenvalue weighted by Crippen LogP contribution is -2.19. The van der Waals surface area contributed by atoms with Crippen molar-refractivity contribution < 1.29 is 9.47 Å². The van der Waals surface area contributed by atoms with Crippen LogP contribution in [0.5, 0.6) is 0 Å². The summed E-state index contributed by atoms with van der Waals surface area (Å²) in [5.41, 5.74) is 0. The van der Waals surface area contributed by atoms with Gasteiger partial charge in [-0.25, -0.2) is 0 Å². The summed E-state index contributed by atoms with van der Waals surface area (Å²) in [7, 11) is 0. The van der Waals surface area contributed by atoms with Crippen LogP contribution in [0.15, 0.2) is 25.3 Å². The molecule has 0 aliphatic carbocycles. The molecule has 0 radical (unpaired) electrons. The van der Waals surface area contributed by atoms with E-state index >= 15 is 0 Å². The maximum Gasteiger partial charge on any atom is 0.0846 e. The van der Waals surface area contributed by atoms with Crippen molar-refractivity contribution in [3.63, 3.8) is 0 Å². The standard InChI is InChI=1S/C12H22O2/c1-4-7-10-13-11-12(8-5-2)14-9-6-3/h5-6,12H,2-4,7-11H2,1H3/t12-/m0/s1. The smallest absolute Gasteiger partial charge is 0.0846 e. The minimum atomic E-state index is 0.127. The van der Waals surface area contributed by atoms with Crippen LogP contribution in [0.3, 0.4) is 0 Å². The molecular formula is C12H22O2. The van der Waals surface area contributed by atoms with E-state index < -0.39 is 0 Å². The third kappa shape index (κ3) is 8.02. The largest absolute Gasteiger partial charge is 0.379 e. The molecule has 0 aromatic rings. The average molecular weight is 198 g/mol. The van der Waals surface area contributed by atoms with Crippen molar-refractivity contribution in [2.75, 3.05) is 19.8 Å². The molecule has 0 aromatic carbocycles. The predicted molar refractivity (Wildman–Crippen MR) is 60.5 cm³/mol. The molecule has 0 aliphatic rings. The van der Waals surface area contributed by atoms with Gasteiger partial charge in [0, 0.05) is 6.61 Å². The van der Waals surface area contributed by atoms with Crippen molar-refractivity contribution >= 4 is 0 Å². The SMILES string of the molecule is C=CCO[C@@H](CC=C)COCCCC. The Morgan fingerprint density at radius 2 is 2.07 bits per heavy atom. The van der Waals surface area contributed by atoms with E-state index in [0.29, 0.717) is 13.2 Å². The third-order valence-corrected chi connectivity index (χ3v) is 1.83. The van der Waals surface area contributed by atoms with Crippen LogP contribution >= 0.6 is 0 Å². The van der Waals surface area contributed by atoms with Crippen molar-refractivity contribution in [2.45, 2.75) is 32.3 Å². The van der Waals surface area contributed by atoms with E-state index in [4.69, 9.17) is 9.47 Å². The number of ether oxygens (including phenoxy) is 2. The molecule has 1 atom stereocenters. The van der Waals surface area contributed by atoms with E-state index in [1.54, 1.807) is 6.08 Å². The van der Waals surface area contributed by atoms with Crippen molar-refractivity contribution in [3.05, 3.63) is 25.3 Å². The quantitative estimate of drug-likeness (QED) is 0.397. The maximum absolute atomic E-state index is 5.50. The fraction of sp³-hybridized carbons (Fsp3) is 0.667. The number of hydrogen-bond acceptors (Lipinski definition) is 2. The van der Waals surface area contributed by atoms with Gasteiger partial charge in [-0.15, -0.1) is 13.2 Å². The van der Waals surface area contributed by atoms with Crippen molar-refractivity contribution in [1.29, 1.82) is 0 Å². The van der Waals surface area contributed by atoms with Crippen molar-refractivity contribution in [3.8, 4) is 0 Å². The number of unbranched alkanes of at least 4 members (excludes halogenated alkanes) is 1. The summed E-state index contributed by atoms with van der Waals surface area (Å²) in [5.74, 6) is 0. The molecule has 0 rings (SSSR count). The van der Waals surface area contributed by atoms with Gasteiger partial charge in [-0.3, -0.25) is 0 Å². The van der Waals surface area contributed by atoms with E-state index in [0.717, 1.165) is 19.4 Å². The molecule has 2 heteroatoms. The minimum absolute atomic E-state index is 0.127. The van der Waals surface area contributed by atoms with Gasteiger partial charge in [0.2, 0.25) is 0 Å². The highest BCUT2D eigenvalue weighted by molar-refractivity contribution is 4.75. The zero-order chi connectivity index (χ0) is 10.6. The van der Waals surface area contributed by atoms with E-state index in [-0.39, 0.29) is 6.10 Å². The van der Waals surface area contributed by atoms with Gasteiger partial charge in [-0.05, 0) is 12.8 Å². The highest BCUT2D eigenvalue weighted by atomic mass is 16.5. The number of rotatable bonds is 10. The summed E-state index contributed by atoms with van der Waals surface area (Å²) in [6, 6.07) is 0. The molecule has 0 aliphatic heterocycles. The Balaban J connectivity index is 3.50. The van der Waals surface area contributed by atoms with E-state index in [1.807, 2.05) is 6.08 Å². The first-order chi connectivity index (χ1) is 6.85. The first-order valence-electron chi connectivity index (χ1n) is 5.26. The highest BCUT2D eigenvalue weighted by Crippen LogP contribution is 2.01. The molecule has 0 saturated heterocycles.